The lowest BCUT2D eigenvalue weighted by atomic mass is 9.64. The van der Waals surface area contributed by atoms with Crippen LogP contribution in [0.25, 0.3) is 0 Å². The zero-order valence-electron chi connectivity index (χ0n) is 11.3. The first-order valence-corrected chi connectivity index (χ1v) is 5.91. The van der Waals surface area contributed by atoms with E-state index < -0.39 is 0 Å². The Morgan fingerprint density at radius 3 is 2.38 bits per heavy atom. The number of aliphatic imine (C=N–C) groups is 1. The van der Waals surface area contributed by atoms with Crippen LogP contribution >= 0.6 is 0 Å². The smallest absolute Gasteiger partial charge is 0.191 e. The van der Waals surface area contributed by atoms with Gasteiger partial charge in [0.1, 0.15) is 0 Å². The van der Waals surface area contributed by atoms with Crippen LogP contribution in [0.1, 0.15) is 34.1 Å². The molecule has 0 heterocycles. The van der Waals surface area contributed by atoms with Gasteiger partial charge in [-0.1, -0.05) is 13.8 Å². The van der Waals surface area contributed by atoms with Crippen molar-refractivity contribution < 1.29 is 4.74 Å². The fraction of sp³-hybridized carbons (Fsp3) is 0.917. The molecule has 0 aromatic rings. The number of guanidine groups is 1. The van der Waals surface area contributed by atoms with Crippen LogP contribution in [0.2, 0.25) is 0 Å². The Morgan fingerprint density at radius 2 is 2.00 bits per heavy atom. The maximum atomic E-state index is 5.85. The van der Waals surface area contributed by atoms with Gasteiger partial charge in [0, 0.05) is 19.5 Å². The molecule has 0 aliphatic heterocycles. The second kappa shape index (κ2) is 4.62. The van der Waals surface area contributed by atoms with E-state index in [1.165, 1.54) is 0 Å². The van der Waals surface area contributed by atoms with E-state index in [4.69, 9.17) is 10.5 Å². The molecule has 1 aliphatic carbocycles. The summed E-state index contributed by atoms with van der Waals surface area (Å²) in [5, 5.41) is 0. The number of rotatable bonds is 3. The predicted octanol–water partition coefficient (Wildman–Crippen LogP) is 1.45. The average Bonchev–Trinajstić information content (AvgIpc) is 2.15. The van der Waals surface area contributed by atoms with E-state index in [0.717, 1.165) is 6.42 Å². The second-order valence-corrected chi connectivity index (χ2v) is 5.63. The summed E-state index contributed by atoms with van der Waals surface area (Å²) in [4.78, 5) is 6.37. The molecule has 2 atom stereocenters. The van der Waals surface area contributed by atoms with Crippen molar-refractivity contribution in [3.63, 3.8) is 0 Å². The minimum absolute atomic E-state index is 0.0882. The lowest BCUT2D eigenvalue weighted by Crippen LogP contribution is -2.55. The number of ether oxygens (including phenoxy) is 1. The van der Waals surface area contributed by atoms with E-state index in [0.29, 0.717) is 12.1 Å². The van der Waals surface area contributed by atoms with Crippen molar-refractivity contribution in [1.82, 2.24) is 4.90 Å². The lowest BCUT2D eigenvalue weighted by molar-refractivity contribution is -0.129. The first-order chi connectivity index (χ1) is 7.25. The Labute approximate surface area is 98.9 Å². The van der Waals surface area contributed by atoms with E-state index in [-0.39, 0.29) is 17.6 Å². The van der Waals surface area contributed by atoms with Gasteiger partial charge >= 0.3 is 0 Å². The van der Waals surface area contributed by atoms with Crippen LogP contribution in [-0.2, 0) is 4.74 Å². The fourth-order valence-electron chi connectivity index (χ4n) is 1.92. The normalized spacial score (nSPS) is 29.1. The van der Waals surface area contributed by atoms with Gasteiger partial charge in [-0.25, -0.2) is 4.99 Å². The first-order valence-electron chi connectivity index (χ1n) is 5.91. The van der Waals surface area contributed by atoms with Crippen LogP contribution < -0.4 is 5.73 Å². The predicted molar refractivity (Wildman–Crippen MR) is 67.5 cm³/mol. The van der Waals surface area contributed by atoms with Gasteiger partial charge in [0.05, 0.1) is 18.2 Å². The van der Waals surface area contributed by atoms with Crippen LogP contribution in [0.3, 0.4) is 0 Å². The van der Waals surface area contributed by atoms with Gasteiger partial charge < -0.3 is 15.4 Å². The van der Waals surface area contributed by atoms with Crippen molar-refractivity contribution in [2.24, 2.45) is 16.1 Å². The first kappa shape index (κ1) is 13.3. The topological polar surface area (TPSA) is 50.9 Å². The van der Waals surface area contributed by atoms with Gasteiger partial charge in [-0.2, -0.15) is 0 Å². The number of nitrogens with two attached hydrogens (primary N) is 1. The monoisotopic (exact) mass is 227 g/mol. The van der Waals surface area contributed by atoms with Gasteiger partial charge in [0.2, 0.25) is 0 Å². The molecule has 1 aliphatic rings. The second-order valence-electron chi connectivity index (χ2n) is 5.63. The van der Waals surface area contributed by atoms with Gasteiger partial charge in [-0.05, 0) is 20.3 Å². The molecular weight excluding hydrogens is 202 g/mol. The molecule has 1 rings (SSSR count). The summed E-state index contributed by atoms with van der Waals surface area (Å²) in [6.45, 7) is 8.53. The van der Waals surface area contributed by atoms with Crippen molar-refractivity contribution in [3.05, 3.63) is 0 Å². The van der Waals surface area contributed by atoms with Gasteiger partial charge in [-0.3, -0.25) is 0 Å². The molecule has 0 radical (unpaired) electrons. The Balaban J connectivity index is 2.60. The van der Waals surface area contributed by atoms with Crippen LogP contribution in [0.15, 0.2) is 4.99 Å². The van der Waals surface area contributed by atoms with E-state index in [2.05, 4.69) is 32.7 Å². The highest BCUT2D eigenvalue weighted by atomic mass is 16.5. The molecule has 0 amide bonds. The largest absolute Gasteiger partial charge is 0.375 e. The molecular formula is C12H25N3O. The summed E-state index contributed by atoms with van der Waals surface area (Å²) in [6, 6.07) is 0.277. The molecule has 1 fully saturated rings. The van der Waals surface area contributed by atoms with Crippen LogP contribution in [0, 0.1) is 5.41 Å². The number of hydrogen-bond donors (Lipinski definition) is 1. The lowest BCUT2D eigenvalue weighted by Gasteiger charge is -2.50. The molecule has 16 heavy (non-hydrogen) atoms. The molecule has 1 saturated carbocycles. The average molecular weight is 227 g/mol. The Morgan fingerprint density at radius 1 is 1.44 bits per heavy atom. The molecule has 2 N–H and O–H groups in total. The summed E-state index contributed by atoms with van der Waals surface area (Å²) in [5.74, 6) is 0.598. The fourth-order valence-corrected chi connectivity index (χ4v) is 1.92. The van der Waals surface area contributed by atoms with E-state index in [1.54, 1.807) is 0 Å². The minimum Gasteiger partial charge on any atom is -0.375 e. The molecule has 94 valence electrons. The van der Waals surface area contributed by atoms with Crippen LogP contribution in [0.4, 0.5) is 0 Å². The van der Waals surface area contributed by atoms with Crippen molar-refractivity contribution in [2.45, 2.75) is 52.4 Å². The zero-order chi connectivity index (χ0) is 12.5. The molecule has 0 bridgehead atoms. The highest BCUT2D eigenvalue weighted by molar-refractivity contribution is 5.77. The summed E-state index contributed by atoms with van der Waals surface area (Å²) >= 11 is 0. The van der Waals surface area contributed by atoms with E-state index >= 15 is 0 Å². The highest BCUT2D eigenvalue weighted by Crippen LogP contribution is 2.45. The Hall–Kier alpha value is -0.770. The maximum Gasteiger partial charge on any atom is 0.191 e. The van der Waals surface area contributed by atoms with Crippen LogP contribution in [-0.4, -0.2) is 43.2 Å². The molecule has 0 aromatic carbocycles. The highest BCUT2D eigenvalue weighted by Gasteiger charge is 2.49. The molecule has 4 nitrogen and oxygen atoms in total. The molecule has 2 unspecified atom stereocenters. The molecule has 4 heteroatoms. The van der Waals surface area contributed by atoms with Gasteiger partial charge in [0.25, 0.3) is 0 Å². The van der Waals surface area contributed by atoms with Crippen LogP contribution in [0.5, 0.6) is 0 Å². The molecule has 0 spiro atoms. The van der Waals surface area contributed by atoms with Crippen molar-refractivity contribution in [1.29, 1.82) is 0 Å². The number of nitrogens with zero attached hydrogens (tertiary/aromatic N) is 2. The summed E-state index contributed by atoms with van der Waals surface area (Å²) in [7, 11) is 3.82. The number of hydrogen-bond acceptors (Lipinski definition) is 2. The zero-order valence-corrected chi connectivity index (χ0v) is 11.3. The third-order valence-corrected chi connectivity index (χ3v) is 3.31. The standard InChI is InChI=1S/C12H25N3O/c1-8(2)16-10-7-9(12(10,3)4)14-11(13)15(5)6/h8-10H,7H2,1-6H3,(H2,13,14). The summed E-state index contributed by atoms with van der Waals surface area (Å²) in [5.41, 5.74) is 5.92. The Bertz CT molecular complexity index is 271. The van der Waals surface area contributed by atoms with Crippen molar-refractivity contribution in [3.8, 4) is 0 Å². The van der Waals surface area contributed by atoms with E-state index in [9.17, 15) is 0 Å². The minimum atomic E-state index is 0.0882. The van der Waals surface area contributed by atoms with Gasteiger partial charge in [-0.15, -0.1) is 0 Å². The Kier molecular flexibility index (Phi) is 3.84. The van der Waals surface area contributed by atoms with Crippen molar-refractivity contribution in [2.75, 3.05) is 14.1 Å². The molecule has 0 aromatic heterocycles. The van der Waals surface area contributed by atoms with E-state index in [1.807, 2.05) is 19.0 Å². The SMILES string of the molecule is CC(C)OC1CC(N=C(N)N(C)C)C1(C)C. The van der Waals surface area contributed by atoms with Gasteiger partial charge in [0.15, 0.2) is 5.96 Å². The maximum absolute atomic E-state index is 5.85. The summed E-state index contributed by atoms with van der Waals surface area (Å²) in [6.07, 6.45) is 1.55. The third kappa shape index (κ3) is 2.67. The summed E-state index contributed by atoms with van der Waals surface area (Å²) < 4.78 is 5.85. The quantitative estimate of drug-likeness (QED) is 0.586. The molecule has 0 saturated heterocycles. The van der Waals surface area contributed by atoms with Crippen molar-refractivity contribution >= 4 is 5.96 Å². The third-order valence-electron chi connectivity index (χ3n) is 3.31.